The molecule has 3 rings (SSSR count). The second kappa shape index (κ2) is 8.68. The summed E-state index contributed by atoms with van der Waals surface area (Å²) in [6.45, 7) is 5.46. The molecule has 2 heterocycles. The van der Waals surface area contributed by atoms with Gasteiger partial charge in [0.05, 0.1) is 17.7 Å². The molecule has 0 saturated carbocycles. The van der Waals surface area contributed by atoms with Crippen LogP contribution in [0.1, 0.15) is 26.7 Å². The Kier molecular flexibility index (Phi) is 6.08. The lowest BCUT2D eigenvalue weighted by Crippen LogP contribution is -2.41. The third-order valence-electron chi connectivity index (χ3n) is 4.24. The number of thiazole rings is 1. The average Bonchev–Trinajstić information content (AvgIpc) is 3.25. The molecule has 0 spiro atoms. The summed E-state index contributed by atoms with van der Waals surface area (Å²) >= 11 is 1.35. The van der Waals surface area contributed by atoms with Crippen molar-refractivity contribution >= 4 is 34.2 Å². The Bertz CT molecular complexity index is 960. The summed E-state index contributed by atoms with van der Waals surface area (Å²) in [5, 5.41) is 10.4. The molecule has 0 saturated heterocycles. The molecule has 0 unspecified atom stereocenters. The van der Waals surface area contributed by atoms with Gasteiger partial charge in [-0.3, -0.25) is 9.79 Å². The van der Waals surface area contributed by atoms with Gasteiger partial charge in [-0.15, -0.1) is 11.3 Å². The van der Waals surface area contributed by atoms with Gasteiger partial charge >= 0.3 is 0 Å². The van der Waals surface area contributed by atoms with Crippen LogP contribution in [0.25, 0.3) is 11.0 Å². The van der Waals surface area contributed by atoms with Crippen LogP contribution in [0, 0.1) is 13.8 Å². The smallest absolute Gasteiger partial charge is 0.263 e. The Morgan fingerprint density at radius 3 is 2.67 bits per heavy atom. The molecule has 3 aromatic rings. The first-order chi connectivity index (χ1) is 13.1. The first-order valence-electron chi connectivity index (χ1n) is 8.70. The van der Waals surface area contributed by atoms with Gasteiger partial charge in [0.1, 0.15) is 16.2 Å². The van der Waals surface area contributed by atoms with Crippen LogP contribution < -0.4 is 16.0 Å². The SMILES string of the molecule is CN=C(NCCNC(=O)c1scnc1C)NCc1oc2ccccc2c1C. The van der Waals surface area contributed by atoms with E-state index in [0.29, 0.717) is 30.5 Å². The molecule has 0 aliphatic carbocycles. The minimum atomic E-state index is -0.0994. The number of carbonyl (C=O) groups is 1. The molecule has 1 aromatic carbocycles. The lowest BCUT2D eigenvalue weighted by molar-refractivity contribution is 0.0957. The molecule has 1 amide bonds. The lowest BCUT2D eigenvalue weighted by atomic mass is 10.1. The molecule has 0 aliphatic rings. The molecule has 0 aliphatic heterocycles. The fourth-order valence-electron chi connectivity index (χ4n) is 2.74. The van der Waals surface area contributed by atoms with Crippen LogP contribution in [0.5, 0.6) is 0 Å². The van der Waals surface area contributed by atoms with Gasteiger partial charge in [-0.2, -0.15) is 0 Å². The van der Waals surface area contributed by atoms with Gasteiger partial charge in [-0.05, 0) is 19.9 Å². The van der Waals surface area contributed by atoms with Crippen molar-refractivity contribution in [3.05, 3.63) is 51.7 Å². The minimum absolute atomic E-state index is 0.0994. The fourth-order valence-corrected chi connectivity index (χ4v) is 3.45. The maximum absolute atomic E-state index is 12.0. The number of guanidine groups is 1. The number of hydrogen-bond donors (Lipinski definition) is 3. The number of benzene rings is 1. The van der Waals surface area contributed by atoms with Crippen LogP contribution in [0.2, 0.25) is 0 Å². The zero-order valence-corrected chi connectivity index (χ0v) is 16.4. The van der Waals surface area contributed by atoms with Gasteiger partial charge in [0.15, 0.2) is 5.96 Å². The van der Waals surface area contributed by atoms with E-state index in [0.717, 1.165) is 28.0 Å². The van der Waals surface area contributed by atoms with Gasteiger partial charge in [0.25, 0.3) is 5.91 Å². The number of fused-ring (bicyclic) bond motifs is 1. The molecule has 7 nitrogen and oxygen atoms in total. The van der Waals surface area contributed by atoms with E-state index >= 15 is 0 Å². The van der Waals surface area contributed by atoms with E-state index in [1.54, 1.807) is 12.6 Å². The summed E-state index contributed by atoms with van der Waals surface area (Å²) in [5.74, 6) is 1.43. The summed E-state index contributed by atoms with van der Waals surface area (Å²) in [6.07, 6.45) is 0. The van der Waals surface area contributed by atoms with E-state index in [1.165, 1.54) is 11.3 Å². The van der Waals surface area contributed by atoms with Crippen molar-refractivity contribution in [2.75, 3.05) is 20.1 Å². The Morgan fingerprint density at radius 2 is 1.96 bits per heavy atom. The van der Waals surface area contributed by atoms with Crippen molar-refractivity contribution < 1.29 is 9.21 Å². The number of para-hydroxylation sites is 1. The van der Waals surface area contributed by atoms with Gasteiger partial charge in [0, 0.05) is 31.1 Å². The number of nitrogens with one attached hydrogen (secondary N) is 3. The molecular formula is C19H23N5O2S. The van der Waals surface area contributed by atoms with Crippen LogP contribution in [-0.4, -0.2) is 37.0 Å². The average molecular weight is 385 g/mol. The van der Waals surface area contributed by atoms with Crippen molar-refractivity contribution in [2.45, 2.75) is 20.4 Å². The summed E-state index contributed by atoms with van der Waals surface area (Å²) in [5.41, 5.74) is 4.44. The number of aryl methyl sites for hydroxylation is 2. The predicted octanol–water partition coefficient (Wildman–Crippen LogP) is 2.60. The quantitative estimate of drug-likeness (QED) is 0.345. The maximum atomic E-state index is 12.0. The molecule has 8 heteroatoms. The van der Waals surface area contributed by atoms with Crippen molar-refractivity contribution in [2.24, 2.45) is 4.99 Å². The second-order valence-electron chi connectivity index (χ2n) is 6.02. The number of amides is 1. The summed E-state index contributed by atoms with van der Waals surface area (Å²) in [6, 6.07) is 7.99. The van der Waals surface area contributed by atoms with Gasteiger partial charge < -0.3 is 20.4 Å². The van der Waals surface area contributed by atoms with Gasteiger partial charge in [-0.1, -0.05) is 18.2 Å². The number of aliphatic imine (C=N–C) groups is 1. The van der Waals surface area contributed by atoms with E-state index in [1.807, 2.05) is 25.1 Å². The standard InChI is InChI=1S/C19H23N5O2S/c1-12-14-6-4-5-7-15(14)26-16(12)10-23-19(20-3)22-9-8-21-18(25)17-13(2)24-11-27-17/h4-7,11H,8-10H2,1-3H3,(H,21,25)(H2,20,22,23). The first-order valence-corrected chi connectivity index (χ1v) is 9.58. The number of carbonyl (C=O) groups excluding carboxylic acids is 1. The van der Waals surface area contributed by atoms with Crippen LogP contribution in [0.4, 0.5) is 0 Å². The molecule has 3 N–H and O–H groups in total. The largest absolute Gasteiger partial charge is 0.459 e. The van der Waals surface area contributed by atoms with Crippen LogP contribution in [0.3, 0.4) is 0 Å². The first kappa shape index (κ1) is 18.9. The van der Waals surface area contributed by atoms with E-state index in [4.69, 9.17) is 4.42 Å². The molecule has 0 bridgehead atoms. The Labute approximate surface area is 161 Å². The van der Waals surface area contributed by atoms with Gasteiger partial charge in [-0.25, -0.2) is 4.98 Å². The van der Waals surface area contributed by atoms with Crippen molar-refractivity contribution in [1.29, 1.82) is 0 Å². The third-order valence-corrected chi connectivity index (χ3v) is 5.16. The zero-order chi connectivity index (χ0) is 19.2. The number of hydrogen-bond acceptors (Lipinski definition) is 5. The summed E-state index contributed by atoms with van der Waals surface area (Å²) in [4.78, 5) is 21.0. The fraction of sp³-hybridized carbons (Fsp3) is 0.316. The number of aromatic nitrogens is 1. The predicted molar refractivity (Wildman–Crippen MR) is 108 cm³/mol. The molecule has 27 heavy (non-hydrogen) atoms. The molecule has 2 aromatic heterocycles. The lowest BCUT2D eigenvalue weighted by Gasteiger charge is -2.11. The minimum Gasteiger partial charge on any atom is -0.459 e. The van der Waals surface area contributed by atoms with Crippen LogP contribution in [0.15, 0.2) is 39.2 Å². The normalized spacial score (nSPS) is 11.6. The van der Waals surface area contributed by atoms with E-state index < -0.39 is 0 Å². The monoisotopic (exact) mass is 385 g/mol. The van der Waals surface area contributed by atoms with Crippen molar-refractivity contribution in [3.63, 3.8) is 0 Å². The summed E-state index contributed by atoms with van der Waals surface area (Å²) in [7, 11) is 1.71. The van der Waals surface area contributed by atoms with Crippen LogP contribution in [-0.2, 0) is 6.54 Å². The van der Waals surface area contributed by atoms with E-state index in [9.17, 15) is 4.79 Å². The number of rotatable bonds is 6. The zero-order valence-electron chi connectivity index (χ0n) is 15.6. The molecule has 0 atom stereocenters. The van der Waals surface area contributed by atoms with Crippen molar-refractivity contribution in [3.8, 4) is 0 Å². The molecule has 142 valence electrons. The highest BCUT2D eigenvalue weighted by molar-refractivity contribution is 7.11. The third kappa shape index (κ3) is 4.46. The Balaban J connectivity index is 1.46. The Morgan fingerprint density at radius 1 is 1.19 bits per heavy atom. The Hall–Kier alpha value is -2.87. The summed E-state index contributed by atoms with van der Waals surface area (Å²) < 4.78 is 5.90. The van der Waals surface area contributed by atoms with E-state index in [2.05, 4.69) is 38.9 Å². The van der Waals surface area contributed by atoms with Crippen LogP contribution >= 0.6 is 11.3 Å². The molecule has 0 radical (unpaired) electrons. The molecule has 0 fully saturated rings. The number of nitrogens with zero attached hydrogens (tertiary/aromatic N) is 2. The highest BCUT2D eigenvalue weighted by Gasteiger charge is 2.12. The maximum Gasteiger partial charge on any atom is 0.263 e. The van der Waals surface area contributed by atoms with Gasteiger partial charge in [0.2, 0.25) is 0 Å². The van der Waals surface area contributed by atoms with Crippen molar-refractivity contribution in [1.82, 2.24) is 20.9 Å². The topological polar surface area (TPSA) is 91.5 Å². The second-order valence-corrected chi connectivity index (χ2v) is 6.88. The van der Waals surface area contributed by atoms with E-state index in [-0.39, 0.29) is 5.91 Å². The highest BCUT2D eigenvalue weighted by Crippen LogP contribution is 2.24. The highest BCUT2D eigenvalue weighted by atomic mass is 32.1. The number of furan rings is 1. The molecular weight excluding hydrogens is 362 g/mol.